The fourth-order valence-electron chi connectivity index (χ4n) is 1.02. The topological polar surface area (TPSA) is 73.2 Å². The molecule has 1 amide bonds. The van der Waals surface area contributed by atoms with Gasteiger partial charge in [-0.05, 0) is 6.07 Å². The average molecular weight is 246 g/mol. The molecule has 0 fully saturated rings. The molecular weight excluding hydrogens is 234 g/mol. The van der Waals surface area contributed by atoms with Gasteiger partial charge in [-0.2, -0.15) is 5.10 Å². The lowest BCUT2D eigenvalue weighted by molar-refractivity contribution is -0.140. The summed E-state index contributed by atoms with van der Waals surface area (Å²) in [5.41, 5.74) is 0.274. The second-order valence-electron chi connectivity index (χ2n) is 3.08. The quantitative estimate of drug-likeness (QED) is 0.595. The van der Waals surface area contributed by atoms with E-state index in [0.717, 1.165) is 0 Å². The van der Waals surface area contributed by atoms with E-state index in [0.29, 0.717) is 0 Å². The largest absolute Gasteiger partial charge is 0.468 e. The Morgan fingerprint density at radius 1 is 1.69 bits per heavy atom. The summed E-state index contributed by atoms with van der Waals surface area (Å²) in [6.45, 7) is 0.00361. The number of methoxy groups -OCH3 is 1. The van der Waals surface area contributed by atoms with Crippen LogP contribution in [-0.4, -0.2) is 40.7 Å². The number of carbonyl (C=O) groups excluding carboxylic acids is 2. The first-order valence-corrected chi connectivity index (χ1v) is 4.98. The lowest BCUT2D eigenvalue weighted by atomic mass is 10.3. The fourth-order valence-corrected chi connectivity index (χ4v) is 1.19. The van der Waals surface area contributed by atoms with E-state index in [4.69, 9.17) is 11.6 Å². The molecule has 0 aliphatic rings. The Balaban J connectivity index is 2.44. The van der Waals surface area contributed by atoms with E-state index in [1.165, 1.54) is 11.8 Å². The molecule has 1 aromatic rings. The summed E-state index contributed by atoms with van der Waals surface area (Å²) in [5.74, 6) is -0.960. The first-order valence-electron chi connectivity index (χ1n) is 4.54. The first-order chi connectivity index (χ1) is 7.54. The number of esters is 1. The van der Waals surface area contributed by atoms with E-state index in [1.54, 1.807) is 19.3 Å². The van der Waals surface area contributed by atoms with Gasteiger partial charge < -0.3 is 10.1 Å². The summed E-state index contributed by atoms with van der Waals surface area (Å²) in [4.78, 5) is 22.4. The predicted octanol–water partition coefficient (Wildman–Crippen LogP) is -0.0697. The lowest BCUT2D eigenvalue weighted by Gasteiger charge is -2.07. The maximum Gasteiger partial charge on any atom is 0.325 e. The average Bonchev–Trinajstić information content (AvgIpc) is 2.71. The van der Waals surface area contributed by atoms with E-state index in [-0.39, 0.29) is 18.1 Å². The molecule has 1 atom stereocenters. The number of hydrogen-bond acceptors (Lipinski definition) is 4. The molecule has 0 radical (unpaired) electrons. The van der Waals surface area contributed by atoms with Crippen molar-refractivity contribution in [3.8, 4) is 0 Å². The van der Waals surface area contributed by atoms with Crippen LogP contribution in [0.4, 0.5) is 0 Å². The Kier molecular flexibility index (Phi) is 4.30. The Labute approximate surface area is 97.5 Å². The number of halogens is 1. The van der Waals surface area contributed by atoms with E-state index < -0.39 is 11.3 Å². The summed E-state index contributed by atoms with van der Waals surface area (Å²) >= 11 is 5.65. The number of hydrogen-bond donors (Lipinski definition) is 1. The molecule has 1 aromatic heterocycles. The normalized spacial score (nSPS) is 11.9. The molecule has 7 heteroatoms. The molecule has 0 saturated carbocycles. The summed E-state index contributed by atoms with van der Waals surface area (Å²) in [5, 5.41) is 5.49. The van der Waals surface area contributed by atoms with Crippen LogP contribution in [0.5, 0.6) is 0 Å². The van der Waals surface area contributed by atoms with Crippen molar-refractivity contribution in [1.29, 1.82) is 0 Å². The molecule has 0 bridgehead atoms. The number of aromatic nitrogens is 2. The van der Waals surface area contributed by atoms with Gasteiger partial charge in [0.15, 0.2) is 0 Å². The molecule has 0 aliphatic heterocycles. The van der Waals surface area contributed by atoms with Gasteiger partial charge in [0.1, 0.15) is 11.1 Å². The van der Waals surface area contributed by atoms with Crippen molar-refractivity contribution in [2.24, 2.45) is 7.05 Å². The van der Waals surface area contributed by atoms with Crippen LogP contribution < -0.4 is 5.32 Å². The third kappa shape index (κ3) is 3.23. The molecule has 6 nitrogen and oxygen atoms in total. The van der Waals surface area contributed by atoms with Crippen LogP contribution in [0.15, 0.2) is 12.3 Å². The van der Waals surface area contributed by atoms with Gasteiger partial charge in [-0.15, -0.1) is 11.6 Å². The van der Waals surface area contributed by atoms with Crippen LogP contribution in [-0.2, 0) is 16.6 Å². The van der Waals surface area contributed by atoms with Crippen LogP contribution >= 0.6 is 11.6 Å². The standard InChI is InChI=1S/C9H12ClN3O3/c1-13-4-3-7(12-13)8(14)11-5-6(10)9(15)16-2/h3-4,6H,5H2,1-2H3,(H,11,14). The number of alkyl halides is 1. The highest BCUT2D eigenvalue weighted by Crippen LogP contribution is 1.98. The van der Waals surface area contributed by atoms with Gasteiger partial charge in [0.2, 0.25) is 0 Å². The van der Waals surface area contributed by atoms with Crippen molar-refractivity contribution in [2.75, 3.05) is 13.7 Å². The highest BCUT2D eigenvalue weighted by molar-refractivity contribution is 6.30. The smallest absolute Gasteiger partial charge is 0.325 e. The van der Waals surface area contributed by atoms with E-state index in [9.17, 15) is 9.59 Å². The number of amides is 1. The van der Waals surface area contributed by atoms with Crippen LogP contribution in [0.2, 0.25) is 0 Å². The third-order valence-corrected chi connectivity index (χ3v) is 2.18. The van der Waals surface area contributed by atoms with Crippen LogP contribution in [0, 0.1) is 0 Å². The Hall–Kier alpha value is -1.56. The predicted molar refractivity (Wildman–Crippen MR) is 57.2 cm³/mol. The molecule has 1 N–H and O–H groups in total. The zero-order valence-electron chi connectivity index (χ0n) is 8.94. The summed E-state index contributed by atoms with van der Waals surface area (Å²) in [6, 6.07) is 1.57. The monoisotopic (exact) mass is 245 g/mol. The molecule has 16 heavy (non-hydrogen) atoms. The highest BCUT2D eigenvalue weighted by Gasteiger charge is 2.17. The molecule has 88 valence electrons. The number of ether oxygens (including phenoxy) is 1. The fraction of sp³-hybridized carbons (Fsp3) is 0.444. The Morgan fingerprint density at radius 3 is 2.88 bits per heavy atom. The van der Waals surface area contributed by atoms with Gasteiger partial charge in [0.25, 0.3) is 5.91 Å². The van der Waals surface area contributed by atoms with Gasteiger partial charge in [-0.25, -0.2) is 0 Å². The van der Waals surface area contributed by atoms with Crippen molar-refractivity contribution in [3.63, 3.8) is 0 Å². The minimum absolute atomic E-state index is 0.00361. The first kappa shape index (κ1) is 12.5. The Morgan fingerprint density at radius 2 is 2.38 bits per heavy atom. The molecule has 0 aliphatic carbocycles. The number of nitrogens with zero attached hydrogens (tertiary/aromatic N) is 2. The number of aryl methyl sites for hydroxylation is 1. The number of carbonyl (C=O) groups is 2. The van der Waals surface area contributed by atoms with Crippen LogP contribution in [0.25, 0.3) is 0 Å². The van der Waals surface area contributed by atoms with Gasteiger partial charge in [0.05, 0.1) is 7.11 Å². The molecule has 0 aromatic carbocycles. The van der Waals surface area contributed by atoms with Gasteiger partial charge in [-0.1, -0.05) is 0 Å². The molecule has 0 saturated heterocycles. The van der Waals surface area contributed by atoms with E-state index in [1.807, 2.05) is 0 Å². The molecule has 1 unspecified atom stereocenters. The molecule has 1 rings (SSSR count). The van der Waals surface area contributed by atoms with Crippen molar-refractivity contribution in [1.82, 2.24) is 15.1 Å². The van der Waals surface area contributed by atoms with Gasteiger partial charge in [-0.3, -0.25) is 14.3 Å². The molecular formula is C9H12ClN3O3. The van der Waals surface area contributed by atoms with Crippen molar-refractivity contribution >= 4 is 23.5 Å². The Bertz CT molecular complexity index is 391. The van der Waals surface area contributed by atoms with Gasteiger partial charge in [0, 0.05) is 19.8 Å². The van der Waals surface area contributed by atoms with Crippen molar-refractivity contribution in [2.45, 2.75) is 5.38 Å². The maximum atomic E-state index is 11.5. The van der Waals surface area contributed by atoms with E-state index in [2.05, 4.69) is 15.2 Å². The molecule has 0 spiro atoms. The van der Waals surface area contributed by atoms with Crippen LogP contribution in [0.1, 0.15) is 10.5 Å². The van der Waals surface area contributed by atoms with Crippen molar-refractivity contribution in [3.05, 3.63) is 18.0 Å². The highest BCUT2D eigenvalue weighted by atomic mass is 35.5. The lowest BCUT2D eigenvalue weighted by Crippen LogP contribution is -2.34. The third-order valence-electron chi connectivity index (χ3n) is 1.85. The number of nitrogens with one attached hydrogen (secondary N) is 1. The van der Waals surface area contributed by atoms with Crippen LogP contribution in [0.3, 0.4) is 0 Å². The zero-order chi connectivity index (χ0) is 12.1. The minimum Gasteiger partial charge on any atom is -0.468 e. The minimum atomic E-state index is -0.891. The maximum absolute atomic E-state index is 11.5. The second-order valence-corrected chi connectivity index (χ2v) is 3.60. The molecule has 1 heterocycles. The second kappa shape index (κ2) is 5.50. The summed E-state index contributed by atoms with van der Waals surface area (Å²) in [6.07, 6.45) is 1.65. The van der Waals surface area contributed by atoms with E-state index >= 15 is 0 Å². The summed E-state index contributed by atoms with van der Waals surface area (Å²) in [7, 11) is 2.94. The zero-order valence-corrected chi connectivity index (χ0v) is 9.69. The number of rotatable bonds is 4. The summed E-state index contributed by atoms with van der Waals surface area (Å²) < 4.78 is 5.92. The SMILES string of the molecule is COC(=O)C(Cl)CNC(=O)c1ccn(C)n1. The van der Waals surface area contributed by atoms with Gasteiger partial charge >= 0.3 is 5.97 Å². The van der Waals surface area contributed by atoms with Crippen molar-refractivity contribution < 1.29 is 14.3 Å².